The fourth-order valence-electron chi connectivity index (χ4n) is 1.95. The SMILES string of the molecule is N#Cc1ccc(Cl)cc1OC1CCCC(=O)C1. The van der Waals surface area contributed by atoms with E-state index in [9.17, 15) is 4.79 Å². The van der Waals surface area contributed by atoms with Gasteiger partial charge in [0.15, 0.2) is 0 Å². The minimum absolute atomic E-state index is 0.123. The lowest BCUT2D eigenvalue weighted by Crippen LogP contribution is -2.25. The average molecular weight is 250 g/mol. The van der Waals surface area contributed by atoms with Gasteiger partial charge >= 0.3 is 0 Å². The van der Waals surface area contributed by atoms with Crippen LogP contribution >= 0.6 is 11.6 Å². The van der Waals surface area contributed by atoms with E-state index in [1.54, 1.807) is 18.2 Å². The molecule has 0 spiro atoms. The molecule has 1 unspecified atom stereocenters. The van der Waals surface area contributed by atoms with Gasteiger partial charge in [-0.05, 0) is 25.0 Å². The first-order chi connectivity index (χ1) is 8.19. The number of halogens is 1. The van der Waals surface area contributed by atoms with Crippen molar-refractivity contribution in [2.24, 2.45) is 0 Å². The molecule has 1 fully saturated rings. The third-order valence-corrected chi connectivity index (χ3v) is 3.03. The number of nitrogens with zero attached hydrogens (tertiary/aromatic N) is 1. The van der Waals surface area contributed by atoms with Crippen LogP contribution in [0.2, 0.25) is 5.02 Å². The molecule has 1 atom stereocenters. The van der Waals surface area contributed by atoms with E-state index < -0.39 is 0 Å². The van der Waals surface area contributed by atoms with Crippen LogP contribution in [0, 0.1) is 11.3 Å². The van der Waals surface area contributed by atoms with Crippen LogP contribution in [0.4, 0.5) is 0 Å². The van der Waals surface area contributed by atoms with Crippen LogP contribution in [0.5, 0.6) is 5.75 Å². The fourth-order valence-corrected chi connectivity index (χ4v) is 2.11. The monoisotopic (exact) mass is 249 g/mol. The minimum Gasteiger partial charge on any atom is -0.489 e. The van der Waals surface area contributed by atoms with Crippen molar-refractivity contribution in [1.82, 2.24) is 0 Å². The van der Waals surface area contributed by atoms with Gasteiger partial charge in [0, 0.05) is 23.9 Å². The van der Waals surface area contributed by atoms with Crippen molar-refractivity contribution < 1.29 is 9.53 Å². The first kappa shape index (κ1) is 11.9. The van der Waals surface area contributed by atoms with E-state index in [0.717, 1.165) is 12.8 Å². The molecule has 0 aliphatic heterocycles. The number of ketones is 1. The van der Waals surface area contributed by atoms with Gasteiger partial charge < -0.3 is 4.74 Å². The smallest absolute Gasteiger partial charge is 0.138 e. The molecule has 2 rings (SSSR count). The van der Waals surface area contributed by atoms with E-state index in [0.29, 0.717) is 29.2 Å². The summed E-state index contributed by atoms with van der Waals surface area (Å²) < 4.78 is 5.70. The number of benzene rings is 1. The van der Waals surface area contributed by atoms with Crippen LogP contribution in [-0.4, -0.2) is 11.9 Å². The molecular weight excluding hydrogens is 238 g/mol. The lowest BCUT2D eigenvalue weighted by atomic mass is 9.96. The van der Waals surface area contributed by atoms with E-state index in [2.05, 4.69) is 6.07 Å². The van der Waals surface area contributed by atoms with Crippen molar-refractivity contribution in [2.45, 2.75) is 31.8 Å². The predicted octanol–water partition coefficient (Wildman–Crippen LogP) is 3.10. The number of Topliss-reactive ketones (excluding diaryl/α,β-unsaturated/α-hetero) is 1. The summed E-state index contributed by atoms with van der Waals surface area (Å²) in [4.78, 5) is 11.3. The number of carbonyl (C=O) groups is 1. The van der Waals surface area contributed by atoms with Crippen molar-refractivity contribution in [1.29, 1.82) is 5.26 Å². The highest BCUT2D eigenvalue weighted by molar-refractivity contribution is 6.30. The Balaban J connectivity index is 2.15. The number of hydrogen-bond acceptors (Lipinski definition) is 3. The minimum atomic E-state index is -0.123. The zero-order valence-electron chi connectivity index (χ0n) is 9.28. The van der Waals surface area contributed by atoms with Crippen LogP contribution in [0.1, 0.15) is 31.2 Å². The van der Waals surface area contributed by atoms with Crippen molar-refractivity contribution in [3.8, 4) is 11.8 Å². The maximum atomic E-state index is 11.3. The number of carbonyl (C=O) groups excluding carboxylic acids is 1. The zero-order valence-corrected chi connectivity index (χ0v) is 10.0. The Kier molecular flexibility index (Phi) is 3.65. The maximum Gasteiger partial charge on any atom is 0.138 e. The van der Waals surface area contributed by atoms with Gasteiger partial charge in [0.25, 0.3) is 0 Å². The highest BCUT2D eigenvalue weighted by Crippen LogP contribution is 2.27. The second-order valence-electron chi connectivity index (χ2n) is 4.13. The summed E-state index contributed by atoms with van der Waals surface area (Å²) in [6, 6.07) is 6.96. The van der Waals surface area contributed by atoms with E-state index in [4.69, 9.17) is 21.6 Å². The van der Waals surface area contributed by atoms with Gasteiger partial charge in [-0.1, -0.05) is 11.6 Å². The molecule has 4 heteroatoms. The van der Waals surface area contributed by atoms with Crippen LogP contribution < -0.4 is 4.74 Å². The molecule has 1 aliphatic rings. The second kappa shape index (κ2) is 5.20. The summed E-state index contributed by atoms with van der Waals surface area (Å²) in [6.45, 7) is 0. The van der Waals surface area contributed by atoms with Gasteiger partial charge in [-0.25, -0.2) is 0 Å². The second-order valence-corrected chi connectivity index (χ2v) is 4.56. The van der Waals surface area contributed by atoms with Gasteiger partial charge in [0.1, 0.15) is 23.7 Å². The molecule has 88 valence electrons. The molecule has 0 saturated heterocycles. The summed E-state index contributed by atoms with van der Waals surface area (Å²) in [5, 5.41) is 9.48. The molecule has 0 aromatic heterocycles. The lowest BCUT2D eigenvalue weighted by molar-refractivity contribution is -0.122. The number of nitriles is 1. The third kappa shape index (κ3) is 2.98. The van der Waals surface area contributed by atoms with Gasteiger partial charge in [-0.3, -0.25) is 4.79 Å². The molecule has 3 nitrogen and oxygen atoms in total. The molecule has 0 heterocycles. The van der Waals surface area contributed by atoms with Crippen molar-refractivity contribution >= 4 is 17.4 Å². The van der Waals surface area contributed by atoms with Gasteiger partial charge in [0.2, 0.25) is 0 Å². The van der Waals surface area contributed by atoms with Crippen LogP contribution in [-0.2, 0) is 4.79 Å². The summed E-state index contributed by atoms with van der Waals surface area (Å²) in [6.07, 6.45) is 2.65. The number of rotatable bonds is 2. The largest absolute Gasteiger partial charge is 0.489 e. The maximum absolute atomic E-state index is 11.3. The molecule has 1 saturated carbocycles. The molecule has 1 aliphatic carbocycles. The highest BCUT2D eigenvalue weighted by atomic mass is 35.5. The Hall–Kier alpha value is -1.53. The van der Waals surface area contributed by atoms with Crippen LogP contribution in [0.25, 0.3) is 0 Å². The van der Waals surface area contributed by atoms with Crippen molar-refractivity contribution in [3.05, 3.63) is 28.8 Å². The average Bonchev–Trinajstić information content (AvgIpc) is 2.29. The van der Waals surface area contributed by atoms with Crippen molar-refractivity contribution in [3.63, 3.8) is 0 Å². The Morgan fingerprint density at radius 1 is 1.47 bits per heavy atom. The molecule has 1 aromatic carbocycles. The fraction of sp³-hybridized carbons (Fsp3) is 0.385. The number of ether oxygens (including phenoxy) is 1. The zero-order chi connectivity index (χ0) is 12.3. The number of hydrogen-bond donors (Lipinski definition) is 0. The van der Waals surface area contributed by atoms with Gasteiger partial charge in [0.05, 0.1) is 5.56 Å². The van der Waals surface area contributed by atoms with E-state index in [1.165, 1.54) is 0 Å². The van der Waals surface area contributed by atoms with Crippen LogP contribution in [0.3, 0.4) is 0 Å². The van der Waals surface area contributed by atoms with E-state index >= 15 is 0 Å². The van der Waals surface area contributed by atoms with Crippen molar-refractivity contribution in [2.75, 3.05) is 0 Å². The topological polar surface area (TPSA) is 50.1 Å². The Morgan fingerprint density at radius 3 is 3.00 bits per heavy atom. The highest BCUT2D eigenvalue weighted by Gasteiger charge is 2.21. The van der Waals surface area contributed by atoms with Gasteiger partial charge in [-0.15, -0.1) is 0 Å². The third-order valence-electron chi connectivity index (χ3n) is 2.79. The molecule has 1 aromatic rings. The van der Waals surface area contributed by atoms with E-state index in [1.807, 2.05) is 0 Å². The van der Waals surface area contributed by atoms with Crippen LogP contribution in [0.15, 0.2) is 18.2 Å². The summed E-state index contributed by atoms with van der Waals surface area (Å²) in [5.41, 5.74) is 0.451. The predicted molar refractivity (Wildman–Crippen MR) is 64.1 cm³/mol. The molecular formula is C13H12ClNO2. The molecule has 0 radical (unpaired) electrons. The standard InChI is InChI=1S/C13H12ClNO2/c14-10-5-4-9(8-15)13(6-10)17-12-3-1-2-11(16)7-12/h4-6,12H,1-3,7H2. The molecule has 0 bridgehead atoms. The van der Waals surface area contributed by atoms with E-state index in [-0.39, 0.29) is 11.9 Å². The summed E-state index contributed by atoms with van der Waals surface area (Å²) in [5.74, 6) is 0.696. The molecule has 0 amide bonds. The Labute approximate surface area is 105 Å². The first-order valence-electron chi connectivity index (χ1n) is 5.57. The quantitative estimate of drug-likeness (QED) is 0.809. The normalized spacial score (nSPS) is 19.8. The van der Waals surface area contributed by atoms with Gasteiger partial charge in [-0.2, -0.15) is 5.26 Å². The summed E-state index contributed by atoms with van der Waals surface area (Å²) in [7, 11) is 0. The first-order valence-corrected chi connectivity index (χ1v) is 5.95. The summed E-state index contributed by atoms with van der Waals surface area (Å²) >= 11 is 5.86. The molecule has 17 heavy (non-hydrogen) atoms. The lowest BCUT2D eigenvalue weighted by Gasteiger charge is -2.22. The Morgan fingerprint density at radius 2 is 2.29 bits per heavy atom. The molecule has 0 N–H and O–H groups in total. The Bertz CT molecular complexity index is 479.